The van der Waals surface area contributed by atoms with Crippen LogP contribution in [0, 0.1) is 0 Å². The molecule has 0 aromatic rings. The molecule has 0 aromatic carbocycles. The van der Waals surface area contributed by atoms with E-state index in [9.17, 15) is 0 Å². The highest BCUT2D eigenvalue weighted by atomic mass is 35.5. The monoisotopic (exact) mass is 661 g/mol. The maximum atomic E-state index is 2.27. The third-order valence-electron chi connectivity index (χ3n) is 10.7. The van der Waals surface area contributed by atoms with Gasteiger partial charge < -0.3 is 67.6 Å². The number of hydrogen-bond acceptors (Lipinski definition) is 0. The molecule has 0 aliphatic rings. The summed E-state index contributed by atoms with van der Waals surface area (Å²) in [5, 5.41) is 0. The summed E-state index contributed by atoms with van der Waals surface area (Å²) in [4.78, 5) is 0. The summed E-state index contributed by atoms with van der Waals surface area (Å²) in [5.74, 6) is 0. The number of quaternary nitrogens is 4. The second-order valence-electron chi connectivity index (χ2n) is 10.4. The lowest BCUT2D eigenvalue weighted by atomic mass is 10.3. The maximum Gasteiger partial charge on any atom is 0.0757 e. The van der Waals surface area contributed by atoms with E-state index < -0.39 is 0 Å². The molecule has 0 aliphatic carbocycles. The molecule has 0 fully saturated rings. The Morgan fingerprint density at radius 3 is 0.225 bits per heavy atom. The third kappa shape index (κ3) is 23.5. The van der Waals surface area contributed by atoms with Crippen molar-refractivity contribution < 1.29 is 67.6 Å². The molecule has 0 bridgehead atoms. The highest BCUT2D eigenvalue weighted by Crippen LogP contribution is 2.05. The van der Waals surface area contributed by atoms with Crippen molar-refractivity contribution in [3.63, 3.8) is 0 Å². The fourth-order valence-electron chi connectivity index (χ4n) is 5.37. The van der Waals surface area contributed by atoms with E-state index in [1.807, 2.05) is 0 Å². The Morgan fingerprint density at radius 1 is 0.175 bits per heavy atom. The number of halogens is 4. The summed E-state index contributed by atoms with van der Waals surface area (Å²) < 4.78 is 5.11. The van der Waals surface area contributed by atoms with Gasteiger partial charge in [-0.25, -0.2) is 0 Å². The minimum Gasteiger partial charge on any atom is -1.00 e. The first kappa shape index (κ1) is 60.2. The summed E-state index contributed by atoms with van der Waals surface area (Å²) in [6, 6.07) is 0. The lowest BCUT2D eigenvalue weighted by Gasteiger charge is -2.34. The van der Waals surface area contributed by atoms with Crippen LogP contribution in [0.1, 0.15) is 111 Å². The maximum absolute atomic E-state index is 2.27. The van der Waals surface area contributed by atoms with Crippen LogP contribution in [0.2, 0.25) is 0 Å². The zero-order valence-corrected chi connectivity index (χ0v) is 33.6. The molecule has 0 heterocycles. The van der Waals surface area contributed by atoms with E-state index in [2.05, 4.69) is 111 Å². The van der Waals surface area contributed by atoms with Crippen LogP contribution in [-0.2, 0) is 0 Å². The molecule has 0 radical (unpaired) electrons. The summed E-state index contributed by atoms with van der Waals surface area (Å²) in [5.41, 5.74) is 0. The van der Waals surface area contributed by atoms with Crippen molar-refractivity contribution >= 4 is 0 Å². The first-order valence-corrected chi connectivity index (χ1v) is 16.4. The Kier molecular flexibility index (Phi) is 54.5. The van der Waals surface area contributed by atoms with Crippen LogP contribution in [0.4, 0.5) is 0 Å². The van der Waals surface area contributed by atoms with E-state index in [1.54, 1.807) is 0 Å². The van der Waals surface area contributed by atoms with E-state index in [1.165, 1.54) is 123 Å². The molecule has 0 rings (SSSR count). The average Bonchev–Trinajstić information content (AvgIpc) is 2.96. The van der Waals surface area contributed by atoms with Crippen LogP contribution in [0.25, 0.3) is 0 Å². The molecule has 0 saturated heterocycles. The molecule has 0 unspecified atom stereocenters. The van der Waals surface area contributed by atoms with Crippen molar-refractivity contribution in [3.05, 3.63) is 0 Å². The molecule has 4 nitrogen and oxygen atoms in total. The second-order valence-corrected chi connectivity index (χ2v) is 10.4. The Hall–Kier alpha value is 1.00. The second kappa shape index (κ2) is 36.2. The van der Waals surface area contributed by atoms with E-state index in [-0.39, 0.29) is 49.6 Å². The molecule has 40 heavy (non-hydrogen) atoms. The first-order valence-electron chi connectivity index (χ1n) is 16.4. The van der Waals surface area contributed by atoms with Crippen molar-refractivity contribution in [1.82, 2.24) is 0 Å². The van der Waals surface area contributed by atoms with Gasteiger partial charge in [0.2, 0.25) is 0 Å². The highest BCUT2D eigenvalue weighted by Gasteiger charge is 2.18. The Balaban J connectivity index is -0.0000000551. The Morgan fingerprint density at radius 2 is 0.225 bits per heavy atom. The molecule has 0 saturated carbocycles. The van der Waals surface area contributed by atoms with Gasteiger partial charge in [0.15, 0.2) is 0 Å². The quantitative estimate of drug-likeness (QED) is 0.147. The van der Waals surface area contributed by atoms with Crippen molar-refractivity contribution in [2.45, 2.75) is 111 Å². The van der Waals surface area contributed by atoms with Gasteiger partial charge in [-0.15, -0.1) is 0 Å². The molecule has 0 N–H and O–H groups in total. The molecule has 256 valence electrons. The SMILES string of the molecule is CC[N+](CC)(CC)CC.CC[N+](CC)(CC)CC.CC[N+](CC)(CC)CC.CC[N+](CC)(CC)CC.[Cl-].[Cl-].[Cl-].[Cl-]. The topological polar surface area (TPSA) is 0 Å². The van der Waals surface area contributed by atoms with E-state index in [0.29, 0.717) is 0 Å². The number of hydrogen-bond donors (Lipinski definition) is 0. The van der Waals surface area contributed by atoms with Crippen molar-refractivity contribution in [2.24, 2.45) is 0 Å². The number of rotatable bonds is 16. The molecule has 0 aromatic heterocycles. The molecule has 0 spiro atoms. The predicted molar refractivity (Wildman–Crippen MR) is 170 cm³/mol. The Bertz CT molecular complexity index is 289. The summed E-state index contributed by atoms with van der Waals surface area (Å²) in [7, 11) is 0. The first-order chi connectivity index (χ1) is 17.0. The Labute approximate surface area is 282 Å². The van der Waals surface area contributed by atoms with Crippen LogP contribution >= 0.6 is 0 Å². The van der Waals surface area contributed by atoms with Crippen molar-refractivity contribution in [1.29, 1.82) is 0 Å². The zero-order chi connectivity index (χ0) is 29.3. The smallest absolute Gasteiger partial charge is 0.0757 e. The van der Waals surface area contributed by atoms with E-state index >= 15 is 0 Å². The molecule has 8 heteroatoms. The summed E-state index contributed by atoms with van der Waals surface area (Å²) >= 11 is 0. The normalized spacial score (nSPS) is 10.8. The molecular weight excluding hydrogens is 582 g/mol. The van der Waals surface area contributed by atoms with E-state index in [0.717, 1.165) is 0 Å². The van der Waals surface area contributed by atoms with Gasteiger partial charge in [-0.1, -0.05) is 0 Å². The fourth-order valence-corrected chi connectivity index (χ4v) is 5.37. The van der Waals surface area contributed by atoms with Crippen molar-refractivity contribution in [2.75, 3.05) is 105 Å². The molecular formula is C32H80Cl4N4. The summed E-state index contributed by atoms with van der Waals surface area (Å²) in [6.07, 6.45) is 0. The van der Waals surface area contributed by atoms with Crippen LogP contribution in [0.15, 0.2) is 0 Å². The zero-order valence-electron chi connectivity index (χ0n) is 30.6. The number of nitrogens with zero attached hydrogens (tertiary/aromatic N) is 4. The van der Waals surface area contributed by atoms with Gasteiger partial charge in [-0.05, 0) is 111 Å². The predicted octanol–water partition coefficient (Wildman–Crippen LogP) is -4.45. The largest absolute Gasteiger partial charge is 1.00 e. The lowest BCUT2D eigenvalue weighted by molar-refractivity contribution is -0.921. The van der Waals surface area contributed by atoms with E-state index in [4.69, 9.17) is 0 Å². The van der Waals surface area contributed by atoms with Crippen LogP contribution in [0.5, 0.6) is 0 Å². The minimum absolute atomic E-state index is 0. The van der Waals surface area contributed by atoms with Gasteiger partial charge >= 0.3 is 0 Å². The van der Waals surface area contributed by atoms with Crippen LogP contribution < -0.4 is 49.6 Å². The summed E-state index contributed by atoms with van der Waals surface area (Å²) in [6.45, 7) is 56.9. The van der Waals surface area contributed by atoms with Crippen molar-refractivity contribution in [3.8, 4) is 0 Å². The average molecular weight is 663 g/mol. The van der Waals surface area contributed by atoms with Gasteiger partial charge in [-0.2, -0.15) is 0 Å². The highest BCUT2D eigenvalue weighted by molar-refractivity contribution is 4.33. The van der Waals surface area contributed by atoms with Gasteiger partial charge in [0.25, 0.3) is 0 Å². The fraction of sp³-hybridized carbons (Fsp3) is 1.00. The van der Waals surface area contributed by atoms with Crippen LogP contribution in [-0.4, -0.2) is 123 Å². The van der Waals surface area contributed by atoms with Gasteiger partial charge in [0.05, 0.1) is 105 Å². The van der Waals surface area contributed by atoms with Gasteiger partial charge in [-0.3, -0.25) is 0 Å². The lowest BCUT2D eigenvalue weighted by Crippen LogP contribution is -3.00. The molecule has 0 amide bonds. The standard InChI is InChI=1S/4C8H20N.4ClH/c4*1-5-9(6-2,7-3)8-4;;;;/h4*5-8H2,1-4H3;4*1H/q4*+1;;;;/p-4. The van der Waals surface area contributed by atoms with Crippen LogP contribution in [0.3, 0.4) is 0 Å². The van der Waals surface area contributed by atoms with Gasteiger partial charge in [0.1, 0.15) is 0 Å². The molecule has 0 atom stereocenters. The third-order valence-corrected chi connectivity index (χ3v) is 10.7. The molecule has 0 aliphatic heterocycles. The minimum atomic E-state index is 0. The van der Waals surface area contributed by atoms with Gasteiger partial charge in [0, 0.05) is 0 Å².